The van der Waals surface area contributed by atoms with E-state index >= 15 is 0 Å². The smallest absolute Gasteiger partial charge is 0.217 e. The molecule has 0 radical (unpaired) electrons. The lowest BCUT2D eigenvalue weighted by Crippen LogP contribution is -2.58. The second-order valence-corrected chi connectivity index (χ2v) is 7.25. The first-order chi connectivity index (χ1) is 13.9. The molecule has 3 aromatic rings. The van der Waals surface area contributed by atoms with Gasteiger partial charge in [0.15, 0.2) is 0 Å². The van der Waals surface area contributed by atoms with Gasteiger partial charge in [-0.1, -0.05) is 18.2 Å². The molecule has 0 aliphatic carbocycles. The lowest BCUT2D eigenvalue weighted by atomic mass is 9.86. The number of anilines is 2. The Hall–Kier alpha value is -3.25. The molecule has 0 fully saturated rings. The number of rotatable bonds is 7. The maximum absolute atomic E-state index is 13.5. The molecule has 2 atom stereocenters. The van der Waals surface area contributed by atoms with Gasteiger partial charge in [0.2, 0.25) is 5.91 Å². The first-order valence-electron chi connectivity index (χ1n) is 9.41. The summed E-state index contributed by atoms with van der Waals surface area (Å²) in [5.74, 6) is -0.482. The van der Waals surface area contributed by atoms with E-state index in [0.717, 1.165) is 16.9 Å². The van der Waals surface area contributed by atoms with Crippen molar-refractivity contribution in [1.82, 2.24) is 10.3 Å². The van der Waals surface area contributed by atoms with Crippen LogP contribution in [0.2, 0.25) is 0 Å². The number of nitrogens with zero attached hydrogens (tertiary/aromatic N) is 2. The molecule has 5 nitrogen and oxygen atoms in total. The van der Waals surface area contributed by atoms with Gasteiger partial charge in [0.05, 0.1) is 11.6 Å². The highest BCUT2D eigenvalue weighted by atomic mass is 19.1. The monoisotopic (exact) mass is 392 g/mol. The average Bonchev–Trinajstić information content (AvgIpc) is 2.73. The van der Waals surface area contributed by atoms with Gasteiger partial charge >= 0.3 is 0 Å². The fourth-order valence-electron chi connectivity index (χ4n) is 3.45. The molecule has 29 heavy (non-hydrogen) atoms. The number of nitrogens with two attached hydrogens (primary N) is 1. The molecule has 3 rings (SSSR count). The highest BCUT2D eigenvalue weighted by molar-refractivity contribution is 5.74. The molecule has 1 aromatic heterocycles. The number of pyridine rings is 1. The number of carbonyl (C=O) groups excluding carboxylic acids is 1. The van der Waals surface area contributed by atoms with Crippen molar-refractivity contribution in [3.63, 3.8) is 0 Å². The first-order valence-corrected chi connectivity index (χ1v) is 9.41. The average molecular weight is 392 g/mol. The van der Waals surface area contributed by atoms with Crippen LogP contribution in [0.5, 0.6) is 0 Å². The molecule has 150 valence electrons. The molecule has 1 heterocycles. The Morgan fingerprint density at radius 2 is 1.66 bits per heavy atom. The van der Waals surface area contributed by atoms with Crippen molar-refractivity contribution in [2.45, 2.75) is 25.4 Å². The summed E-state index contributed by atoms with van der Waals surface area (Å²) in [6.07, 6.45) is 3.36. The summed E-state index contributed by atoms with van der Waals surface area (Å²) in [6, 6.07) is 19.2. The van der Waals surface area contributed by atoms with Gasteiger partial charge < -0.3 is 16.0 Å². The Labute approximate surface area is 170 Å². The first kappa shape index (κ1) is 20.5. The maximum Gasteiger partial charge on any atom is 0.217 e. The molecule has 2 aromatic carbocycles. The van der Waals surface area contributed by atoms with Gasteiger partial charge in [0.25, 0.3) is 0 Å². The molecule has 0 aliphatic heterocycles. The highest BCUT2D eigenvalue weighted by Crippen LogP contribution is 2.31. The number of nitrogens with one attached hydrogen (secondary N) is 1. The van der Waals surface area contributed by atoms with Crippen LogP contribution in [0, 0.1) is 5.82 Å². The van der Waals surface area contributed by atoms with Crippen LogP contribution in [-0.4, -0.2) is 23.0 Å². The number of benzene rings is 2. The zero-order valence-corrected chi connectivity index (χ0v) is 16.5. The summed E-state index contributed by atoms with van der Waals surface area (Å²) in [6.45, 7) is 3.77. The topological polar surface area (TPSA) is 71.2 Å². The van der Waals surface area contributed by atoms with Crippen molar-refractivity contribution in [2.75, 3.05) is 11.4 Å². The minimum Gasteiger partial charge on any atom is -0.347 e. The van der Waals surface area contributed by atoms with Crippen LogP contribution in [0.15, 0.2) is 79.1 Å². The minimum atomic E-state index is -0.808. The van der Waals surface area contributed by atoms with Gasteiger partial charge in [0.1, 0.15) is 5.82 Å². The molecule has 0 saturated carbocycles. The summed E-state index contributed by atoms with van der Waals surface area (Å²) in [5, 5.41) is 3.04. The lowest BCUT2D eigenvalue weighted by molar-refractivity contribution is -0.120. The van der Waals surface area contributed by atoms with Gasteiger partial charge in [0, 0.05) is 37.2 Å². The summed E-state index contributed by atoms with van der Waals surface area (Å²) in [4.78, 5) is 18.1. The molecular weight excluding hydrogens is 367 g/mol. The number of para-hydroxylation sites is 1. The molecule has 0 aliphatic rings. The van der Waals surface area contributed by atoms with E-state index in [4.69, 9.17) is 5.73 Å². The molecule has 3 N–H and O–H groups in total. The van der Waals surface area contributed by atoms with E-state index in [9.17, 15) is 9.18 Å². The Balaban J connectivity index is 2.03. The minimum absolute atomic E-state index is 0.177. The molecule has 1 amide bonds. The van der Waals surface area contributed by atoms with Crippen LogP contribution in [0.1, 0.15) is 25.5 Å². The zero-order valence-electron chi connectivity index (χ0n) is 16.5. The van der Waals surface area contributed by atoms with Crippen molar-refractivity contribution in [2.24, 2.45) is 5.73 Å². The largest absolute Gasteiger partial charge is 0.347 e. The third kappa shape index (κ3) is 4.97. The van der Waals surface area contributed by atoms with Gasteiger partial charge in [-0.2, -0.15) is 0 Å². The predicted molar refractivity (Wildman–Crippen MR) is 113 cm³/mol. The Morgan fingerprint density at radius 3 is 2.24 bits per heavy atom. The van der Waals surface area contributed by atoms with Crippen LogP contribution >= 0.6 is 0 Å². The third-order valence-electron chi connectivity index (χ3n) is 4.91. The van der Waals surface area contributed by atoms with E-state index in [1.165, 1.54) is 19.1 Å². The molecule has 6 heteroatoms. The van der Waals surface area contributed by atoms with E-state index < -0.39 is 11.6 Å². The van der Waals surface area contributed by atoms with E-state index in [2.05, 4.69) is 10.3 Å². The lowest BCUT2D eigenvalue weighted by Gasteiger charge is -2.41. The molecule has 2 unspecified atom stereocenters. The van der Waals surface area contributed by atoms with Crippen LogP contribution in [0.25, 0.3) is 0 Å². The van der Waals surface area contributed by atoms with E-state index in [-0.39, 0.29) is 11.7 Å². The maximum atomic E-state index is 13.5. The normalized spacial score (nSPS) is 13.9. The van der Waals surface area contributed by atoms with Crippen molar-refractivity contribution in [3.8, 4) is 0 Å². The van der Waals surface area contributed by atoms with Gasteiger partial charge in [-0.25, -0.2) is 4.39 Å². The second-order valence-electron chi connectivity index (χ2n) is 7.25. The Bertz CT molecular complexity index is 934. The fraction of sp³-hybridized carbons (Fsp3) is 0.217. The molecule has 0 saturated heterocycles. The van der Waals surface area contributed by atoms with Gasteiger partial charge in [-0.15, -0.1) is 0 Å². The number of hydrogen-bond acceptors (Lipinski definition) is 4. The van der Waals surface area contributed by atoms with Crippen molar-refractivity contribution in [1.29, 1.82) is 0 Å². The van der Waals surface area contributed by atoms with E-state index in [1.54, 1.807) is 24.5 Å². The van der Waals surface area contributed by atoms with Crippen LogP contribution in [0.4, 0.5) is 15.8 Å². The van der Waals surface area contributed by atoms with Gasteiger partial charge in [-0.3, -0.25) is 9.78 Å². The summed E-state index contributed by atoms with van der Waals surface area (Å²) >= 11 is 0. The summed E-state index contributed by atoms with van der Waals surface area (Å²) in [7, 11) is 0. The van der Waals surface area contributed by atoms with E-state index in [1.807, 2.05) is 54.3 Å². The Morgan fingerprint density at radius 1 is 1.07 bits per heavy atom. The molecule has 0 spiro atoms. The Kier molecular flexibility index (Phi) is 6.24. The number of halogens is 1. The van der Waals surface area contributed by atoms with Crippen molar-refractivity contribution < 1.29 is 9.18 Å². The van der Waals surface area contributed by atoms with Crippen molar-refractivity contribution in [3.05, 3.63) is 90.5 Å². The zero-order chi connectivity index (χ0) is 20.9. The summed E-state index contributed by atoms with van der Waals surface area (Å²) in [5.41, 5.74) is 8.39. The van der Waals surface area contributed by atoms with Gasteiger partial charge in [-0.05, 0) is 61.0 Å². The number of carbonyl (C=O) groups is 1. The molecular formula is C23H25FN4O. The number of hydrogen-bond donors (Lipinski definition) is 2. The van der Waals surface area contributed by atoms with Crippen LogP contribution < -0.4 is 16.0 Å². The van der Waals surface area contributed by atoms with Crippen molar-refractivity contribution >= 4 is 17.3 Å². The fourth-order valence-corrected chi connectivity index (χ4v) is 3.45. The second kappa shape index (κ2) is 8.84. The SMILES string of the molecule is CC(=O)NC(C)(CN(c1ccccc1)c1ccc(F)cc1)C(N)c1ccncc1. The molecule has 0 bridgehead atoms. The number of amides is 1. The quantitative estimate of drug-likeness (QED) is 0.639. The predicted octanol–water partition coefficient (Wildman–Crippen LogP) is 3.95. The summed E-state index contributed by atoms with van der Waals surface area (Å²) < 4.78 is 13.5. The highest BCUT2D eigenvalue weighted by Gasteiger charge is 2.36. The van der Waals surface area contributed by atoms with Crippen LogP contribution in [0.3, 0.4) is 0 Å². The van der Waals surface area contributed by atoms with Crippen LogP contribution in [-0.2, 0) is 4.79 Å². The third-order valence-corrected chi connectivity index (χ3v) is 4.91. The number of aromatic nitrogens is 1. The van der Waals surface area contributed by atoms with E-state index in [0.29, 0.717) is 6.54 Å². The standard InChI is InChI=1S/C23H25FN4O/c1-17(29)27-23(2,22(25)18-12-14-26-15-13-18)16-28(20-6-4-3-5-7-20)21-10-8-19(24)9-11-21/h3-15,22H,16,25H2,1-2H3,(H,27,29).